The Morgan fingerprint density at radius 3 is 2.74 bits per heavy atom. The minimum absolute atomic E-state index is 0.134. The summed E-state index contributed by atoms with van der Waals surface area (Å²) in [5.74, 6) is 0.526. The minimum Gasteiger partial charge on any atom is -0.465 e. The van der Waals surface area contributed by atoms with Gasteiger partial charge in [0.1, 0.15) is 5.76 Å². The van der Waals surface area contributed by atoms with Gasteiger partial charge in [0.05, 0.1) is 6.26 Å². The highest BCUT2D eigenvalue weighted by Crippen LogP contribution is 2.09. The number of furan rings is 1. The van der Waals surface area contributed by atoms with E-state index in [1.54, 1.807) is 24.5 Å². The number of rotatable bonds is 5. The predicted molar refractivity (Wildman–Crippen MR) is 75.9 cm³/mol. The largest absolute Gasteiger partial charge is 0.465 e. The first kappa shape index (κ1) is 13.4. The number of hydrogen-bond acceptors (Lipinski definition) is 2. The van der Waals surface area contributed by atoms with Crippen molar-refractivity contribution in [1.29, 1.82) is 0 Å². The van der Waals surface area contributed by atoms with Gasteiger partial charge in [0, 0.05) is 17.6 Å². The first-order valence-corrected chi connectivity index (χ1v) is 6.36. The Labute approximate surface area is 116 Å². The molecule has 98 valence electrons. The molecule has 3 nitrogen and oxygen atoms in total. The Morgan fingerprint density at radius 2 is 2.05 bits per heavy atom. The maximum absolute atomic E-state index is 11.5. The van der Waals surface area contributed by atoms with Gasteiger partial charge in [0.2, 0.25) is 5.91 Å². The van der Waals surface area contributed by atoms with E-state index in [0.29, 0.717) is 17.3 Å². The standard InChI is InChI=1S/C15H14ClNO2/c16-13-5-3-12(4-6-13)9-10-17-15(18)8-7-14-2-1-11-19-14/h1-8,11H,9-10H2,(H,17,18). The van der Waals surface area contributed by atoms with Crippen molar-refractivity contribution >= 4 is 23.6 Å². The molecule has 0 radical (unpaired) electrons. The molecule has 1 N–H and O–H groups in total. The van der Waals surface area contributed by atoms with Crippen LogP contribution < -0.4 is 5.32 Å². The maximum Gasteiger partial charge on any atom is 0.244 e. The molecule has 0 aliphatic heterocycles. The minimum atomic E-state index is -0.134. The molecular weight excluding hydrogens is 262 g/mol. The molecule has 19 heavy (non-hydrogen) atoms. The second-order valence-electron chi connectivity index (χ2n) is 4.02. The third-order valence-electron chi connectivity index (χ3n) is 2.57. The predicted octanol–water partition coefficient (Wildman–Crippen LogP) is 3.31. The Morgan fingerprint density at radius 1 is 1.26 bits per heavy atom. The van der Waals surface area contributed by atoms with E-state index in [9.17, 15) is 4.79 Å². The molecule has 0 unspecified atom stereocenters. The van der Waals surface area contributed by atoms with Crippen molar-refractivity contribution in [3.63, 3.8) is 0 Å². The summed E-state index contributed by atoms with van der Waals surface area (Å²) in [6.45, 7) is 0.586. The summed E-state index contributed by atoms with van der Waals surface area (Å²) in [5.41, 5.74) is 1.14. The van der Waals surface area contributed by atoms with Gasteiger partial charge in [-0.25, -0.2) is 0 Å². The number of carbonyl (C=O) groups is 1. The van der Waals surface area contributed by atoms with E-state index in [1.807, 2.05) is 24.3 Å². The van der Waals surface area contributed by atoms with Crippen LogP contribution in [0.1, 0.15) is 11.3 Å². The number of nitrogens with one attached hydrogen (secondary N) is 1. The van der Waals surface area contributed by atoms with Gasteiger partial charge in [-0.05, 0) is 42.3 Å². The number of benzene rings is 1. The smallest absolute Gasteiger partial charge is 0.244 e. The monoisotopic (exact) mass is 275 g/mol. The van der Waals surface area contributed by atoms with E-state index in [4.69, 9.17) is 16.0 Å². The molecule has 0 spiro atoms. The van der Waals surface area contributed by atoms with Gasteiger partial charge in [-0.1, -0.05) is 23.7 Å². The lowest BCUT2D eigenvalue weighted by atomic mass is 10.1. The van der Waals surface area contributed by atoms with Gasteiger partial charge < -0.3 is 9.73 Å². The molecular formula is C15H14ClNO2. The van der Waals surface area contributed by atoms with Crippen molar-refractivity contribution in [2.75, 3.05) is 6.54 Å². The Bertz CT molecular complexity index is 544. The third-order valence-corrected chi connectivity index (χ3v) is 2.82. The van der Waals surface area contributed by atoms with E-state index in [2.05, 4.69) is 5.32 Å². The van der Waals surface area contributed by atoms with Crippen molar-refractivity contribution in [3.05, 3.63) is 65.1 Å². The lowest BCUT2D eigenvalue weighted by Crippen LogP contribution is -2.23. The molecule has 0 bridgehead atoms. The number of carbonyl (C=O) groups excluding carboxylic acids is 1. The van der Waals surface area contributed by atoms with Crippen molar-refractivity contribution < 1.29 is 9.21 Å². The molecule has 1 heterocycles. The Balaban J connectivity index is 1.73. The molecule has 0 atom stereocenters. The average Bonchev–Trinajstić information content (AvgIpc) is 2.92. The Kier molecular flexibility index (Phi) is 4.81. The fraction of sp³-hybridized carbons (Fsp3) is 0.133. The summed E-state index contributed by atoms with van der Waals surface area (Å²) in [7, 11) is 0. The van der Waals surface area contributed by atoms with E-state index in [-0.39, 0.29) is 5.91 Å². The highest BCUT2D eigenvalue weighted by atomic mass is 35.5. The van der Waals surface area contributed by atoms with Gasteiger partial charge in [-0.3, -0.25) is 4.79 Å². The summed E-state index contributed by atoms with van der Waals surface area (Å²) in [5, 5.41) is 3.52. The number of halogens is 1. The van der Waals surface area contributed by atoms with Crippen LogP contribution in [0.3, 0.4) is 0 Å². The molecule has 0 fully saturated rings. The molecule has 1 aromatic heterocycles. The van der Waals surface area contributed by atoms with E-state index in [0.717, 1.165) is 12.0 Å². The summed E-state index contributed by atoms with van der Waals surface area (Å²) in [6, 6.07) is 11.2. The lowest BCUT2D eigenvalue weighted by Gasteiger charge is -2.02. The van der Waals surface area contributed by atoms with Crippen LogP contribution in [0.25, 0.3) is 6.08 Å². The zero-order valence-corrected chi connectivity index (χ0v) is 11.1. The van der Waals surface area contributed by atoms with Crippen LogP contribution in [0.5, 0.6) is 0 Å². The topological polar surface area (TPSA) is 42.2 Å². The normalized spacial score (nSPS) is 10.8. The number of hydrogen-bond donors (Lipinski definition) is 1. The fourth-order valence-electron chi connectivity index (χ4n) is 1.58. The zero-order valence-electron chi connectivity index (χ0n) is 10.3. The van der Waals surface area contributed by atoms with Crippen molar-refractivity contribution in [2.24, 2.45) is 0 Å². The van der Waals surface area contributed by atoms with Crippen LogP contribution in [0.2, 0.25) is 5.02 Å². The highest BCUT2D eigenvalue weighted by Gasteiger charge is 1.97. The molecule has 4 heteroatoms. The average molecular weight is 276 g/mol. The lowest BCUT2D eigenvalue weighted by molar-refractivity contribution is -0.116. The van der Waals surface area contributed by atoms with Gasteiger partial charge in [0.25, 0.3) is 0 Å². The summed E-state index contributed by atoms with van der Waals surface area (Å²) >= 11 is 5.80. The van der Waals surface area contributed by atoms with Crippen LogP contribution in [0.4, 0.5) is 0 Å². The van der Waals surface area contributed by atoms with Gasteiger partial charge in [-0.15, -0.1) is 0 Å². The van der Waals surface area contributed by atoms with Gasteiger partial charge in [-0.2, -0.15) is 0 Å². The highest BCUT2D eigenvalue weighted by molar-refractivity contribution is 6.30. The molecule has 0 aliphatic carbocycles. The second-order valence-corrected chi connectivity index (χ2v) is 4.45. The van der Waals surface area contributed by atoms with Crippen LogP contribution in [-0.4, -0.2) is 12.5 Å². The van der Waals surface area contributed by atoms with Crippen molar-refractivity contribution in [3.8, 4) is 0 Å². The van der Waals surface area contributed by atoms with Crippen LogP contribution in [0, 0.1) is 0 Å². The zero-order chi connectivity index (χ0) is 13.5. The van der Waals surface area contributed by atoms with Gasteiger partial charge in [0.15, 0.2) is 0 Å². The van der Waals surface area contributed by atoms with E-state index < -0.39 is 0 Å². The van der Waals surface area contributed by atoms with Crippen LogP contribution in [0.15, 0.2) is 53.2 Å². The molecule has 1 aromatic carbocycles. The van der Waals surface area contributed by atoms with Crippen LogP contribution >= 0.6 is 11.6 Å². The van der Waals surface area contributed by atoms with E-state index >= 15 is 0 Å². The molecule has 1 amide bonds. The Hall–Kier alpha value is -2.00. The fourth-order valence-corrected chi connectivity index (χ4v) is 1.71. The second kappa shape index (κ2) is 6.81. The van der Waals surface area contributed by atoms with Crippen molar-refractivity contribution in [2.45, 2.75) is 6.42 Å². The molecule has 0 aliphatic rings. The quantitative estimate of drug-likeness (QED) is 0.851. The third kappa shape index (κ3) is 4.64. The first-order valence-electron chi connectivity index (χ1n) is 5.98. The SMILES string of the molecule is O=C(C=Cc1ccco1)NCCc1ccc(Cl)cc1. The molecule has 2 aromatic rings. The summed E-state index contributed by atoms with van der Waals surface area (Å²) in [4.78, 5) is 11.5. The van der Waals surface area contributed by atoms with Crippen molar-refractivity contribution in [1.82, 2.24) is 5.32 Å². The van der Waals surface area contributed by atoms with Crippen LogP contribution in [-0.2, 0) is 11.2 Å². The van der Waals surface area contributed by atoms with E-state index in [1.165, 1.54) is 6.08 Å². The molecule has 0 saturated heterocycles. The van der Waals surface area contributed by atoms with Gasteiger partial charge >= 0.3 is 0 Å². The molecule has 0 saturated carbocycles. The summed E-state index contributed by atoms with van der Waals surface area (Å²) < 4.78 is 5.09. The number of amides is 1. The first-order chi connectivity index (χ1) is 9.24. The molecule has 2 rings (SSSR count). The maximum atomic E-state index is 11.5. The summed E-state index contributed by atoms with van der Waals surface area (Å²) in [6.07, 6.45) is 5.44.